The van der Waals surface area contributed by atoms with Crippen molar-refractivity contribution in [3.8, 4) is 0 Å². The van der Waals surface area contributed by atoms with Crippen molar-refractivity contribution in [2.45, 2.75) is 4.90 Å². The summed E-state index contributed by atoms with van der Waals surface area (Å²) >= 11 is 0. The molecule has 0 spiro atoms. The molecule has 2 aromatic rings. The fourth-order valence-corrected chi connectivity index (χ4v) is 5.49. The van der Waals surface area contributed by atoms with Gasteiger partial charge in [-0.05, 0) is 30.3 Å². The standard InChI is InChI=1S/C22H27N5O6S/c28-22(17-24-9-11-25(12-10-24)20-3-1-2-4-21(20)27(29)30)23-18-5-7-19(8-6-18)34(31,32)26-13-15-33-16-14-26/h1-8H,9-17H2,(H,23,28). The van der Waals surface area contributed by atoms with Crippen LogP contribution in [-0.4, -0.2) is 87.5 Å². The van der Waals surface area contributed by atoms with Crippen molar-refractivity contribution in [1.82, 2.24) is 9.21 Å². The van der Waals surface area contributed by atoms with Crippen molar-refractivity contribution in [2.75, 3.05) is 69.2 Å². The van der Waals surface area contributed by atoms with Crippen molar-refractivity contribution >= 4 is 33.0 Å². The second kappa shape index (κ2) is 10.5. The Kier molecular flexibility index (Phi) is 7.41. The molecule has 182 valence electrons. The molecule has 0 atom stereocenters. The Bertz CT molecular complexity index is 1130. The molecule has 0 aromatic heterocycles. The van der Waals surface area contributed by atoms with E-state index in [-0.39, 0.29) is 28.0 Å². The number of carbonyl (C=O) groups excluding carboxylic acids is 1. The molecular weight excluding hydrogens is 462 g/mol. The van der Waals surface area contributed by atoms with Crippen LogP contribution in [0.15, 0.2) is 53.4 Å². The van der Waals surface area contributed by atoms with Crippen molar-refractivity contribution in [3.63, 3.8) is 0 Å². The summed E-state index contributed by atoms with van der Waals surface area (Å²) in [5.74, 6) is -0.206. The van der Waals surface area contributed by atoms with E-state index in [1.165, 1.54) is 22.5 Å². The van der Waals surface area contributed by atoms with E-state index >= 15 is 0 Å². The van der Waals surface area contributed by atoms with Crippen LogP contribution in [0.4, 0.5) is 17.1 Å². The van der Waals surface area contributed by atoms with Gasteiger partial charge < -0.3 is 15.0 Å². The number of hydrogen-bond donors (Lipinski definition) is 1. The van der Waals surface area contributed by atoms with Gasteiger partial charge in [0.2, 0.25) is 15.9 Å². The van der Waals surface area contributed by atoms with Gasteiger partial charge in [0.05, 0.1) is 29.6 Å². The highest BCUT2D eigenvalue weighted by Gasteiger charge is 2.27. The predicted octanol–water partition coefficient (Wildman–Crippen LogP) is 1.38. The monoisotopic (exact) mass is 489 g/mol. The summed E-state index contributed by atoms with van der Waals surface area (Å²) in [5, 5.41) is 14.1. The minimum Gasteiger partial charge on any atom is -0.379 e. The Hall–Kier alpha value is -3.06. The van der Waals surface area contributed by atoms with Gasteiger partial charge in [-0.3, -0.25) is 19.8 Å². The summed E-state index contributed by atoms with van der Waals surface area (Å²) in [6.07, 6.45) is 0. The van der Waals surface area contributed by atoms with Gasteiger partial charge in [0.25, 0.3) is 5.69 Å². The highest BCUT2D eigenvalue weighted by molar-refractivity contribution is 7.89. The number of rotatable bonds is 7. The number of carbonyl (C=O) groups is 1. The maximum Gasteiger partial charge on any atom is 0.292 e. The summed E-state index contributed by atoms with van der Waals surface area (Å²) < 4.78 is 32.0. The van der Waals surface area contributed by atoms with E-state index in [0.717, 1.165) is 0 Å². The molecule has 0 aliphatic carbocycles. The predicted molar refractivity (Wildman–Crippen MR) is 126 cm³/mol. The second-order valence-corrected chi connectivity index (χ2v) is 10.0. The van der Waals surface area contributed by atoms with Crippen LogP contribution in [0, 0.1) is 10.1 Å². The second-order valence-electron chi connectivity index (χ2n) is 8.10. The lowest BCUT2D eigenvalue weighted by atomic mass is 10.2. The van der Waals surface area contributed by atoms with Gasteiger partial charge in [-0.2, -0.15) is 4.31 Å². The first kappa shape index (κ1) is 24.1. The van der Waals surface area contributed by atoms with Crippen molar-refractivity contribution in [2.24, 2.45) is 0 Å². The third-order valence-electron chi connectivity index (χ3n) is 5.90. The van der Waals surface area contributed by atoms with Crippen LogP contribution in [0.3, 0.4) is 0 Å². The Balaban J connectivity index is 1.29. The third kappa shape index (κ3) is 5.53. The topological polar surface area (TPSA) is 125 Å². The summed E-state index contributed by atoms with van der Waals surface area (Å²) in [4.78, 5) is 27.5. The lowest BCUT2D eigenvalue weighted by Crippen LogP contribution is -2.48. The maximum atomic E-state index is 12.7. The number of nitrogens with zero attached hydrogens (tertiary/aromatic N) is 4. The molecule has 2 aliphatic rings. The average Bonchev–Trinajstić information content (AvgIpc) is 2.85. The van der Waals surface area contributed by atoms with Crippen LogP contribution in [0.2, 0.25) is 0 Å². The van der Waals surface area contributed by atoms with E-state index in [1.54, 1.807) is 30.3 Å². The summed E-state index contributed by atoms with van der Waals surface area (Å²) in [7, 11) is -3.58. The zero-order valence-electron chi connectivity index (χ0n) is 18.6. The first-order valence-corrected chi connectivity index (χ1v) is 12.5. The molecule has 2 heterocycles. The van der Waals surface area contributed by atoms with Gasteiger partial charge >= 0.3 is 0 Å². The van der Waals surface area contributed by atoms with E-state index in [9.17, 15) is 23.3 Å². The number of piperazine rings is 1. The van der Waals surface area contributed by atoms with Crippen LogP contribution in [0.25, 0.3) is 0 Å². The summed E-state index contributed by atoms with van der Waals surface area (Å²) in [6.45, 7) is 3.93. The smallest absolute Gasteiger partial charge is 0.292 e. The highest BCUT2D eigenvalue weighted by Crippen LogP contribution is 2.28. The number of benzene rings is 2. The zero-order chi connectivity index (χ0) is 24.1. The van der Waals surface area contributed by atoms with Gasteiger partial charge in [-0.15, -0.1) is 0 Å². The number of anilines is 2. The number of nitro groups is 1. The molecule has 1 amide bonds. The van der Waals surface area contributed by atoms with Crippen molar-refractivity contribution in [1.29, 1.82) is 0 Å². The molecule has 2 fully saturated rings. The van der Waals surface area contributed by atoms with Gasteiger partial charge in [0, 0.05) is 51.0 Å². The quantitative estimate of drug-likeness (QED) is 0.457. The number of amides is 1. The maximum absolute atomic E-state index is 12.7. The third-order valence-corrected chi connectivity index (χ3v) is 7.82. The summed E-state index contributed by atoms with van der Waals surface area (Å²) in [5.41, 5.74) is 1.18. The zero-order valence-corrected chi connectivity index (χ0v) is 19.4. The van der Waals surface area contributed by atoms with Crippen LogP contribution >= 0.6 is 0 Å². The fraction of sp³-hybridized carbons (Fsp3) is 0.409. The lowest BCUT2D eigenvalue weighted by Gasteiger charge is -2.35. The fourth-order valence-electron chi connectivity index (χ4n) is 4.08. The summed E-state index contributed by atoms with van der Waals surface area (Å²) in [6, 6.07) is 12.8. The minimum atomic E-state index is -3.58. The van der Waals surface area contributed by atoms with Gasteiger partial charge in [0.1, 0.15) is 5.69 Å². The molecule has 2 saturated heterocycles. The number of ether oxygens (including phenoxy) is 1. The Morgan fingerprint density at radius 2 is 1.62 bits per heavy atom. The first-order valence-electron chi connectivity index (χ1n) is 11.0. The molecule has 0 unspecified atom stereocenters. The molecule has 2 aromatic carbocycles. The van der Waals surface area contributed by atoms with E-state index in [1.807, 2.05) is 9.80 Å². The normalized spacial score (nSPS) is 17.9. The average molecular weight is 490 g/mol. The SMILES string of the molecule is O=C(CN1CCN(c2ccccc2[N+](=O)[O-])CC1)Nc1ccc(S(=O)(=O)N2CCOCC2)cc1. The number of nitro benzene ring substituents is 1. The molecule has 0 bridgehead atoms. The molecule has 2 aliphatic heterocycles. The van der Waals surface area contributed by atoms with Crippen LogP contribution in [0.1, 0.15) is 0 Å². The van der Waals surface area contributed by atoms with Gasteiger partial charge in [0.15, 0.2) is 0 Å². The molecule has 1 N–H and O–H groups in total. The largest absolute Gasteiger partial charge is 0.379 e. The minimum absolute atomic E-state index is 0.0766. The van der Waals surface area contributed by atoms with E-state index in [0.29, 0.717) is 63.9 Å². The van der Waals surface area contributed by atoms with Crippen molar-refractivity contribution in [3.05, 3.63) is 58.6 Å². The number of morpholine rings is 1. The van der Waals surface area contributed by atoms with Gasteiger partial charge in [-0.1, -0.05) is 12.1 Å². The van der Waals surface area contributed by atoms with E-state index < -0.39 is 10.0 Å². The highest BCUT2D eigenvalue weighted by atomic mass is 32.2. The molecule has 34 heavy (non-hydrogen) atoms. The van der Waals surface area contributed by atoms with E-state index in [2.05, 4.69) is 5.32 Å². The Morgan fingerprint density at radius 3 is 2.26 bits per heavy atom. The lowest BCUT2D eigenvalue weighted by molar-refractivity contribution is -0.384. The molecule has 0 saturated carbocycles. The van der Waals surface area contributed by atoms with Crippen LogP contribution in [-0.2, 0) is 19.6 Å². The molecule has 11 nitrogen and oxygen atoms in total. The van der Waals surface area contributed by atoms with Crippen LogP contribution < -0.4 is 10.2 Å². The van der Waals surface area contributed by atoms with E-state index in [4.69, 9.17) is 4.74 Å². The van der Waals surface area contributed by atoms with Crippen molar-refractivity contribution < 1.29 is 22.9 Å². The molecule has 0 radical (unpaired) electrons. The molecule has 4 rings (SSSR count). The number of nitrogens with one attached hydrogen (secondary N) is 1. The number of sulfonamides is 1. The molecule has 12 heteroatoms. The molecular formula is C22H27N5O6S. The number of para-hydroxylation sites is 2. The van der Waals surface area contributed by atoms with Gasteiger partial charge in [-0.25, -0.2) is 8.42 Å². The van der Waals surface area contributed by atoms with Crippen LogP contribution in [0.5, 0.6) is 0 Å². The first-order chi connectivity index (χ1) is 16.3. The number of hydrogen-bond acceptors (Lipinski definition) is 8. The Morgan fingerprint density at radius 1 is 0.971 bits per heavy atom. The Labute approximate surface area is 198 Å².